The molecule has 2 rings (SSSR count). The van der Waals surface area contributed by atoms with Crippen molar-refractivity contribution in [3.05, 3.63) is 11.6 Å². The molecule has 1 amide bonds. The standard InChI is InChI=1S/C18H32N2O4/c1-17(2)7-12(8-18(3,4)20-17)6-15(21)19-9-13-10-24-11-14(23-5)16(13)22/h7,13-14,16,20,22H,6,8-11H2,1-5H3,(H,19,21)/t13-,14-,16+/m1/s1. The van der Waals surface area contributed by atoms with Gasteiger partial charge in [-0.25, -0.2) is 0 Å². The first-order chi connectivity index (χ1) is 11.1. The van der Waals surface area contributed by atoms with Crippen molar-refractivity contribution in [3.8, 4) is 0 Å². The van der Waals surface area contributed by atoms with Crippen LogP contribution in [0.2, 0.25) is 0 Å². The summed E-state index contributed by atoms with van der Waals surface area (Å²) in [4.78, 5) is 12.3. The van der Waals surface area contributed by atoms with Gasteiger partial charge in [0.1, 0.15) is 6.10 Å². The fourth-order valence-corrected chi connectivity index (χ4v) is 3.93. The van der Waals surface area contributed by atoms with E-state index in [2.05, 4.69) is 44.4 Å². The first-order valence-electron chi connectivity index (χ1n) is 8.67. The molecule has 0 bridgehead atoms. The highest BCUT2D eigenvalue weighted by Gasteiger charge is 2.34. The van der Waals surface area contributed by atoms with E-state index in [0.29, 0.717) is 26.2 Å². The fraction of sp³-hybridized carbons (Fsp3) is 0.833. The predicted octanol–water partition coefficient (Wildman–Crippen LogP) is 0.992. The second-order valence-electron chi connectivity index (χ2n) is 8.25. The van der Waals surface area contributed by atoms with Crippen LogP contribution in [0.1, 0.15) is 40.5 Å². The highest BCUT2D eigenvalue weighted by Crippen LogP contribution is 2.29. The van der Waals surface area contributed by atoms with Gasteiger partial charge < -0.3 is 25.2 Å². The summed E-state index contributed by atoms with van der Waals surface area (Å²) < 4.78 is 10.6. The Hall–Kier alpha value is -0.950. The average molecular weight is 340 g/mol. The summed E-state index contributed by atoms with van der Waals surface area (Å²) in [5, 5.41) is 16.7. The van der Waals surface area contributed by atoms with E-state index >= 15 is 0 Å². The zero-order chi connectivity index (χ0) is 18.0. The van der Waals surface area contributed by atoms with Crippen LogP contribution in [0.15, 0.2) is 11.6 Å². The van der Waals surface area contributed by atoms with Crippen LogP contribution in [0, 0.1) is 5.92 Å². The summed E-state index contributed by atoms with van der Waals surface area (Å²) in [6.07, 6.45) is 2.46. The molecule has 0 saturated carbocycles. The Kier molecular flexibility index (Phi) is 6.07. The summed E-state index contributed by atoms with van der Waals surface area (Å²) in [5.41, 5.74) is 1.01. The molecule has 2 aliphatic rings. The summed E-state index contributed by atoms with van der Waals surface area (Å²) in [7, 11) is 1.56. The van der Waals surface area contributed by atoms with Crippen molar-refractivity contribution >= 4 is 5.91 Å². The number of nitrogens with one attached hydrogen (secondary N) is 2. The molecule has 3 N–H and O–H groups in total. The average Bonchev–Trinajstić information content (AvgIpc) is 2.42. The first kappa shape index (κ1) is 19.4. The van der Waals surface area contributed by atoms with E-state index in [1.54, 1.807) is 7.11 Å². The molecular weight excluding hydrogens is 308 g/mol. The zero-order valence-corrected chi connectivity index (χ0v) is 15.5. The van der Waals surface area contributed by atoms with E-state index in [9.17, 15) is 9.90 Å². The first-order valence-corrected chi connectivity index (χ1v) is 8.67. The normalized spacial score (nSPS) is 32.1. The quantitative estimate of drug-likeness (QED) is 0.651. The number of rotatable bonds is 5. The number of methoxy groups -OCH3 is 1. The summed E-state index contributed by atoms with van der Waals surface area (Å²) in [5.74, 6) is -0.149. The third kappa shape index (κ3) is 5.28. The number of hydrogen-bond donors (Lipinski definition) is 3. The van der Waals surface area contributed by atoms with Gasteiger partial charge in [0.25, 0.3) is 0 Å². The molecule has 1 saturated heterocycles. The van der Waals surface area contributed by atoms with Crippen molar-refractivity contribution in [1.82, 2.24) is 10.6 Å². The molecule has 6 heteroatoms. The van der Waals surface area contributed by atoms with Gasteiger partial charge in [-0.15, -0.1) is 0 Å². The fourth-order valence-electron chi connectivity index (χ4n) is 3.93. The van der Waals surface area contributed by atoms with E-state index in [0.717, 1.165) is 12.0 Å². The number of aliphatic hydroxyl groups excluding tert-OH is 1. The van der Waals surface area contributed by atoms with Gasteiger partial charge in [0.15, 0.2) is 0 Å². The Morgan fingerprint density at radius 3 is 2.75 bits per heavy atom. The van der Waals surface area contributed by atoms with Gasteiger partial charge >= 0.3 is 0 Å². The molecule has 2 heterocycles. The maximum Gasteiger partial charge on any atom is 0.224 e. The zero-order valence-electron chi connectivity index (χ0n) is 15.5. The largest absolute Gasteiger partial charge is 0.390 e. The minimum absolute atomic E-state index is 0.0125. The lowest BCUT2D eigenvalue weighted by atomic mass is 9.82. The molecule has 24 heavy (non-hydrogen) atoms. The Labute approximate surface area is 145 Å². The summed E-state index contributed by atoms with van der Waals surface area (Å²) >= 11 is 0. The van der Waals surface area contributed by atoms with Gasteiger partial charge in [0.2, 0.25) is 5.91 Å². The van der Waals surface area contributed by atoms with E-state index in [4.69, 9.17) is 9.47 Å². The second kappa shape index (κ2) is 7.52. The van der Waals surface area contributed by atoms with E-state index in [1.165, 1.54) is 0 Å². The topological polar surface area (TPSA) is 79.8 Å². The second-order valence-corrected chi connectivity index (χ2v) is 8.25. The van der Waals surface area contributed by atoms with Crippen molar-refractivity contribution in [1.29, 1.82) is 0 Å². The minimum Gasteiger partial charge on any atom is -0.390 e. The number of hydrogen-bond acceptors (Lipinski definition) is 5. The van der Waals surface area contributed by atoms with Crippen LogP contribution < -0.4 is 10.6 Å². The van der Waals surface area contributed by atoms with Crippen LogP contribution in [-0.4, -0.2) is 61.2 Å². The summed E-state index contributed by atoms with van der Waals surface area (Å²) in [6.45, 7) is 9.78. The van der Waals surface area contributed by atoms with E-state index < -0.39 is 6.10 Å². The minimum atomic E-state index is -0.611. The van der Waals surface area contributed by atoms with Gasteiger partial charge in [0, 0.05) is 37.1 Å². The molecular formula is C18H32N2O4. The van der Waals surface area contributed by atoms with Crippen LogP contribution in [0.25, 0.3) is 0 Å². The van der Waals surface area contributed by atoms with Crippen LogP contribution in [0.4, 0.5) is 0 Å². The molecule has 0 aromatic carbocycles. The Bertz CT molecular complexity index is 487. The van der Waals surface area contributed by atoms with Gasteiger partial charge in [-0.1, -0.05) is 11.6 Å². The number of carbonyl (C=O) groups is 1. The van der Waals surface area contributed by atoms with Crippen LogP contribution >= 0.6 is 0 Å². The molecule has 0 radical (unpaired) electrons. The molecule has 1 fully saturated rings. The van der Waals surface area contributed by atoms with Crippen LogP contribution in [0.5, 0.6) is 0 Å². The Morgan fingerprint density at radius 2 is 2.12 bits per heavy atom. The SMILES string of the molecule is CO[C@@H]1COC[C@@H](CNC(=O)CC2=CC(C)(C)NC(C)(C)C2)[C@@H]1O. The predicted molar refractivity (Wildman–Crippen MR) is 92.7 cm³/mol. The lowest BCUT2D eigenvalue weighted by Crippen LogP contribution is -2.54. The number of aliphatic hydroxyl groups is 1. The van der Waals surface area contributed by atoms with Crippen molar-refractivity contribution in [2.24, 2.45) is 5.92 Å². The number of amides is 1. The molecule has 0 spiro atoms. The highest BCUT2D eigenvalue weighted by atomic mass is 16.5. The molecule has 6 nitrogen and oxygen atoms in total. The van der Waals surface area contributed by atoms with Gasteiger partial charge in [0.05, 0.1) is 19.3 Å². The van der Waals surface area contributed by atoms with Gasteiger partial charge in [-0.2, -0.15) is 0 Å². The van der Waals surface area contributed by atoms with E-state index in [-0.39, 0.29) is 29.0 Å². The number of carbonyl (C=O) groups excluding carboxylic acids is 1. The highest BCUT2D eigenvalue weighted by molar-refractivity contribution is 5.78. The summed E-state index contributed by atoms with van der Waals surface area (Å²) in [6, 6.07) is 0. The molecule has 138 valence electrons. The van der Waals surface area contributed by atoms with E-state index in [1.807, 2.05) is 0 Å². The molecule has 0 aromatic rings. The third-order valence-electron chi connectivity index (χ3n) is 4.62. The van der Waals surface area contributed by atoms with Crippen molar-refractivity contribution in [2.45, 2.75) is 63.8 Å². The number of ether oxygens (including phenoxy) is 2. The molecule has 0 aromatic heterocycles. The maximum absolute atomic E-state index is 12.3. The maximum atomic E-state index is 12.3. The van der Waals surface area contributed by atoms with Gasteiger partial charge in [-0.05, 0) is 34.1 Å². The van der Waals surface area contributed by atoms with Crippen LogP contribution in [-0.2, 0) is 14.3 Å². The molecule has 0 unspecified atom stereocenters. The molecule has 0 aliphatic carbocycles. The van der Waals surface area contributed by atoms with Gasteiger partial charge in [-0.3, -0.25) is 4.79 Å². The Morgan fingerprint density at radius 1 is 1.42 bits per heavy atom. The lowest BCUT2D eigenvalue weighted by molar-refractivity contribution is -0.136. The van der Waals surface area contributed by atoms with Crippen molar-refractivity contribution < 1.29 is 19.4 Å². The monoisotopic (exact) mass is 340 g/mol. The molecule has 3 atom stereocenters. The van der Waals surface area contributed by atoms with Crippen LogP contribution in [0.3, 0.4) is 0 Å². The molecule has 2 aliphatic heterocycles. The smallest absolute Gasteiger partial charge is 0.224 e. The lowest BCUT2D eigenvalue weighted by Gasteiger charge is -2.41. The van der Waals surface area contributed by atoms with Crippen molar-refractivity contribution in [2.75, 3.05) is 26.9 Å². The van der Waals surface area contributed by atoms with Crippen molar-refractivity contribution in [3.63, 3.8) is 0 Å². The Balaban J connectivity index is 1.86. The third-order valence-corrected chi connectivity index (χ3v) is 4.62.